The van der Waals surface area contributed by atoms with Crippen LogP contribution in [0, 0.1) is 0 Å². The molecular weight excluding hydrogens is 289 g/mol. The third-order valence-corrected chi connectivity index (χ3v) is 3.36. The molecule has 0 spiro atoms. The lowest BCUT2D eigenvalue weighted by Gasteiger charge is -2.16. The molecule has 11 heteroatoms. The maximum Gasteiger partial charge on any atom is 0.311 e. The first-order valence-corrected chi connectivity index (χ1v) is 5.99. The van der Waals surface area contributed by atoms with Crippen molar-refractivity contribution in [2.75, 3.05) is 12.3 Å². The van der Waals surface area contributed by atoms with E-state index in [-0.39, 0.29) is 16.0 Å². The first-order chi connectivity index (χ1) is 9.95. The Hall–Kier alpha value is -2.08. The van der Waals surface area contributed by atoms with E-state index in [1.54, 1.807) is 0 Å². The number of halogens is 1. The fourth-order valence-electron chi connectivity index (χ4n) is 2.26. The number of nitrogens with zero attached hydrogens (tertiary/aromatic N) is 4. The van der Waals surface area contributed by atoms with Crippen LogP contribution in [0.2, 0.25) is 0 Å². The first-order valence-electron chi connectivity index (χ1n) is 5.99. The van der Waals surface area contributed by atoms with Crippen LogP contribution in [0.4, 0.5) is 10.4 Å². The maximum absolute atomic E-state index is 13.3. The number of aromatic nitrogens is 4. The van der Waals surface area contributed by atoms with E-state index in [1.165, 1.54) is 0 Å². The Kier molecular flexibility index (Phi) is 3.13. The minimum Gasteiger partial charge on any atom is -0.394 e. The van der Waals surface area contributed by atoms with Crippen LogP contribution in [-0.4, -0.2) is 59.6 Å². The van der Waals surface area contributed by atoms with Gasteiger partial charge in [-0.05, 0) is 0 Å². The van der Waals surface area contributed by atoms with Gasteiger partial charge in [-0.25, -0.2) is 4.98 Å². The average Bonchev–Trinajstić information content (AvgIpc) is 2.99. The number of aliphatic hydroxyl groups excluding tert-OH is 3. The Morgan fingerprint density at radius 3 is 2.76 bits per heavy atom. The molecule has 1 saturated heterocycles. The number of fused-ring (bicyclic) bond motifs is 1. The predicted molar refractivity (Wildman–Crippen MR) is 65.7 cm³/mol. The van der Waals surface area contributed by atoms with Crippen molar-refractivity contribution in [2.45, 2.75) is 24.5 Å². The highest BCUT2D eigenvalue weighted by Gasteiger charge is 2.44. The normalized spacial score (nSPS) is 29.3. The van der Waals surface area contributed by atoms with Crippen molar-refractivity contribution in [3.63, 3.8) is 0 Å². The molecule has 0 bridgehead atoms. The van der Waals surface area contributed by atoms with E-state index in [4.69, 9.17) is 15.6 Å². The van der Waals surface area contributed by atoms with Crippen LogP contribution in [-0.2, 0) is 4.74 Å². The zero-order chi connectivity index (χ0) is 15.3. The van der Waals surface area contributed by atoms with Gasteiger partial charge in [0, 0.05) is 0 Å². The highest BCUT2D eigenvalue weighted by molar-refractivity contribution is 5.70. The van der Waals surface area contributed by atoms with Crippen LogP contribution in [0.5, 0.6) is 0 Å². The van der Waals surface area contributed by atoms with Crippen molar-refractivity contribution in [2.24, 2.45) is 0 Å². The molecule has 1 aliphatic heterocycles. The molecule has 1 fully saturated rings. The Morgan fingerprint density at radius 1 is 1.43 bits per heavy atom. The average molecular weight is 301 g/mol. The van der Waals surface area contributed by atoms with Crippen molar-refractivity contribution in [1.29, 1.82) is 0 Å². The number of imidazole rings is 1. The Morgan fingerprint density at radius 2 is 2.14 bits per heavy atom. The zero-order valence-corrected chi connectivity index (χ0v) is 10.5. The highest BCUT2D eigenvalue weighted by atomic mass is 19.2. The van der Waals surface area contributed by atoms with Gasteiger partial charge in [-0.15, -0.1) is 4.79 Å². The Bertz CT molecular complexity index is 745. The van der Waals surface area contributed by atoms with Crippen molar-refractivity contribution < 1.29 is 24.5 Å². The molecule has 4 atom stereocenters. The molecule has 10 nitrogen and oxygen atoms in total. The van der Waals surface area contributed by atoms with Crippen LogP contribution < -0.4 is 11.3 Å². The summed E-state index contributed by atoms with van der Waals surface area (Å²) in [5.41, 5.74) is 3.78. The summed E-state index contributed by atoms with van der Waals surface area (Å²) < 4.78 is 19.8. The van der Waals surface area contributed by atoms with Crippen LogP contribution in [0.15, 0.2) is 11.1 Å². The minimum absolute atomic E-state index is 0.0961. The lowest BCUT2D eigenvalue weighted by atomic mass is 10.1. The SMILES string of the molecule is Nc1nc2c(ncn2[C@@H]2O[C@H](CO)[C@@H](O)[C@H]2O)c(=O)n1F. The molecule has 1 aliphatic rings. The fraction of sp³-hybridized carbons (Fsp3) is 0.500. The van der Waals surface area contributed by atoms with Crippen molar-refractivity contribution in [1.82, 2.24) is 19.3 Å². The molecule has 0 radical (unpaired) electrons. The number of rotatable bonds is 2. The molecule has 0 unspecified atom stereocenters. The summed E-state index contributed by atoms with van der Waals surface area (Å²) in [6.07, 6.45) is -3.73. The summed E-state index contributed by atoms with van der Waals surface area (Å²) in [6.45, 7) is -0.506. The quantitative estimate of drug-likeness (QED) is 0.476. The molecule has 3 rings (SSSR count). The standard InChI is InChI=1S/C10H12FN5O5/c11-16-8(20)4-7(14-10(16)12)15(2-13-4)9-6(19)5(18)3(1-17)21-9/h2-3,5-6,9,17-19H,1H2,(H2,12,14)/t3-,5-,6-,9-/m1/s1. The Balaban J connectivity index is 2.12. The number of hydrogen-bond acceptors (Lipinski definition) is 8. The number of aliphatic hydroxyl groups is 3. The Labute approximate surface area is 115 Å². The molecule has 0 aromatic carbocycles. The number of hydrogen-bond donors (Lipinski definition) is 4. The van der Waals surface area contributed by atoms with E-state index in [0.717, 1.165) is 10.9 Å². The molecule has 5 N–H and O–H groups in total. The highest BCUT2D eigenvalue weighted by Crippen LogP contribution is 2.30. The molecule has 21 heavy (non-hydrogen) atoms. The second-order valence-corrected chi connectivity index (χ2v) is 4.61. The van der Waals surface area contributed by atoms with Crippen LogP contribution in [0.25, 0.3) is 11.2 Å². The molecule has 0 saturated carbocycles. The van der Waals surface area contributed by atoms with E-state index in [9.17, 15) is 19.5 Å². The van der Waals surface area contributed by atoms with Crippen LogP contribution >= 0.6 is 0 Å². The maximum atomic E-state index is 13.3. The third kappa shape index (κ3) is 1.90. The monoisotopic (exact) mass is 301 g/mol. The summed E-state index contributed by atoms with van der Waals surface area (Å²) in [4.78, 5) is 18.7. The summed E-state index contributed by atoms with van der Waals surface area (Å²) in [7, 11) is 0. The second kappa shape index (κ2) is 4.73. The van der Waals surface area contributed by atoms with Gasteiger partial charge in [0.2, 0.25) is 5.95 Å². The largest absolute Gasteiger partial charge is 0.394 e. The van der Waals surface area contributed by atoms with Crippen molar-refractivity contribution >= 4 is 17.1 Å². The van der Waals surface area contributed by atoms with Gasteiger partial charge in [-0.2, -0.15) is 4.98 Å². The molecular formula is C10H12FN5O5. The number of nitrogens with two attached hydrogens (primary N) is 1. The first kappa shape index (κ1) is 13.9. The van der Waals surface area contributed by atoms with E-state index in [0.29, 0.717) is 0 Å². The molecule has 0 aliphatic carbocycles. The van der Waals surface area contributed by atoms with Gasteiger partial charge in [-0.1, -0.05) is 4.48 Å². The molecule has 3 heterocycles. The van der Waals surface area contributed by atoms with Crippen LogP contribution in [0.3, 0.4) is 0 Å². The van der Waals surface area contributed by atoms with E-state index < -0.39 is 42.7 Å². The van der Waals surface area contributed by atoms with Crippen LogP contribution in [0.1, 0.15) is 6.23 Å². The van der Waals surface area contributed by atoms with Gasteiger partial charge in [0.1, 0.15) is 18.3 Å². The molecule has 0 amide bonds. The lowest BCUT2D eigenvalue weighted by Crippen LogP contribution is -2.33. The molecule has 2 aromatic heterocycles. The zero-order valence-electron chi connectivity index (χ0n) is 10.5. The second-order valence-electron chi connectivity index (χ2n) is 4.61. The summed E-state index contributed by atoms with van der Waals surface area (Å²) in [5.74, 6) is -0.680. The van der Waals surface area contributed by atoms with Crippen molar-refractivity contribution in [3.8, 4) is 0 Å². The van der Waals surface area contributed by atoms with Gasteiger partial charge in [0.15, 0.2) is 17.4 Å². The van der Waals surface area contributed by atoms with E-state index in [2.05, 4.69) is 9.97 Å². The topological polar surface area (TPSA) is 149 Å². The minimum atomic E-state index is -1.38. The fourth-order valence-corrected chi connectivity index (χ4v) is 2.26. The summed E-state index contributed by atoms with van der Waals surface area (Å²) in [5, 5.41) is 28.7. The van der Waals surface area contributed by atoms with Gasteiger partial charge < -0.3 is 25.8 Å². The number of anilines is 1. The summed E-state index contributed by atoms with van der Waals surface area (Å²) in [6, 6.07) is 0. The molecule has 2 aromatic rings. The summed E-state index contributed by atoms with van der Waals surface area (Å²) >= 11 is 0. The van der Waals surface area contributed by atoms with E-state index >= 15 is 0 Å². The van der Waals surface area contributed by atoms with Gasteiger partial charge in [0.05, 0.1) is 12.9 Å². The van der Waals surface area contributed by atoms with E-state index in [1.807, 2.05) is 0 Å². The predicted octanol–water partition coefficient (Wildman–Crippen LogP) is -2.48. The molecule has 114 valence electrons. The number of ether oxygens (including phenoxy) is 1. The van der Waals surface area contributed by atoms with Gasteiger partial charge >= 0.3 is 5.56 Å². The third-order valence-electron chi connectivity index (χ3n) is 3.36. The van der Waals surface area contributed by atoms with Crippen molar-refractivity contribution in [3.05, 3.63) is 16.7 Å². The lowest BCUT2D eigenvalue weighted by molar-refractivity contribution is -0.0511. The number of nitrogen functional groups attached to an aromatic ring is 1. The van der Waals surface area contributed by atoms with Gasteiger partial charge in [-0.3, -0.25) is 9.36 Å². The van der Waals surface area contributed by atoms with Gasteiger partial charge in [0.25, 0.3) is 0 Å². The smallest absolute Gasteiger partial charge is 0.311 e.